The summed E-state index contributed by atoms with van der Waals surface area (Å²) in [4.78, 5) is 2.67. The van der Waals surface area contributed by atoms with Crippen LogP contribution in [0.3, 0.4) is 0 Å². The zero-order valence-corrected chi connectivity index (χ0v) is 11.3. The maximum absolute atomic E-state index is 6.12. The van der Waals surface area contributed by atoms with Gasteiger partial charge in [-0.15, -0.1) is 0 Å². The monoisotopic (exact) mass is 248 g/mol. The normalized spacial score (nSPS) is 32.0. The first-order valence-corrected chi connectivity index (χ1v) is 7.30. The summed E-state index contributed by atoms with van der Waals surface area (Å²) in [5.74, 6) is 0. The molecule has 0 amide bonds. The molecule has 2 aliphatic heterocycles. The van der Waals surface area contributed by atoms with E-state index in [4.69, 9.17) is 5.73 Å². The standard InChI is InChI=1S/C14H24N4/c1-2-7-18-14(5-6-16-18)10-17-12-3-4-13(17)9-11(15)8-12/h5-6,11-13H,2-4,7-10,15H2,1H3. The number of fused-ring (bicyclic) bond motifs is 2. The minimum atomic E-state index is 0.430. The molecule has 2 saturated heterocycles. The first kappa shape index (κ1) is 12.2. The molecule has 2 aliphatic rings. The average Bonchev–Trinajstić information content (AvgIpc) is 2.86. The molecule has 1 aromatic heterocycles. The molecule has 0 aliphatic carbocycles. The second kappa shape index (κ2) is 5.02. The summed E-state index contributed by atoms with van der Waals surface area (Å²) in [6.07, 6.45) is 8.10. The molecule has 100 valence electrons. The van der Waals surface area contributed by atoms with Crippen LogP contribution in [0, 0.1) is 0 Å². The number of rotatable bonds is 4. The second-order valence-electron chi connectivity index (χ2n) is 5.83. The summed E-state index contributed by atoms with van der Waals surface area (Å²) >= 11 is 0. The summed E-state index contributed by atoms with van der Waals surface area (Å²) < 4.78 is 2.16. The third-order valence-electron chi connectivity index (χ3n) is 4.51. The smallest absolute Gasteiger partial charge is 0.0524 e. The van der Waals surface area contributed by atoms with Gasteiger partial charge in [-0.3, -0.25) is 9.58 Å². The van der Waals surface area contributed by atoms with Crippen molar-refractivity contribution in [1.82, 2.24) is 14.7 Å². The van der Waals surface area contributed by atoms with Gasteiger partial charge in [-0.1, -0.05) is 6.92 Å². The van der Waals surface area contributed by atoms with Crippen LogP contribution in [0.15, 0.2) is 12.3 Å². The molecular formula is C14H24N4. The maximum atomic E-state index is 6.12. The second-order valence-corrected chi connectivity index (χ2v) is 5.83. The summed E-state index contributed by atoms with van der Waals surface area (Å²) in [6.45, 7) is 4.29. The minimum absolute atomic E-state index is 0.430. The van der Waals surface area contributed by atoms with Crippen molar-refractivity contribution in [3.63, 3.8) is 0 Å². The lowest BCUT2D eigenvalue weighted by Gasteiger charge is -2.37. The maximum Gasteiger partial charge on any atom is 0.0524 e. The molecule has 2 N–H and O–H groups in total. The topological polar surface area (TPSA) is 47.1 Å². The van der Waals surface area contributed by atoms with Gasteiger partial charge in [0.05, 0.1) is 5.69 Å². The van der Waals surface area contributed by atoms with Crippen molar-refractivity contribution in [3.05, 3.63) is 18.0 Å². The minimum Gasteiger partial charge on any atom is -0.328 e. The van der Waals surface area contributed by atoms with E-state index in [1.807, 2.05) is 6.20 Å². The van der Waals surface area contributed by atoms with Gasteiger partial charge in [-0.25, -0.2) is 0 Å². The SMILES string of the molecule is CCCn1nccc1CN1C2CCC1CC(N)C2. The highest BCUT2D eigenvalue weighted by molar-refractivity contribution is 5.05. The number of aromatic nitrogens is 2. The Labute approximate surface area is 109 Å². The van der Waals surface area contributed by atoms with Gasteiger partial charge < -0.3 is 5.73 Å². The van der Waals surface area contributed by atoms with Crippen LogP contribution >= 0.6 is 0 Å². The molecule has 2 unspecified atom stereocenters. The van der Waals surface area contributed by atoms with Crippen molar-refractivity contribution in [2.45, 2.75) is 70.2 Å². The van der Waals surface area contributed by atoms with Gasteiger partial charge in [0.25, 0.3) is 0 Å². The zero-order valence-electron chi connectivity index (χ0n) is 11.3. The summed E-state index contributed by atoms with van der Waals surface area (Å²) in [5, 5.41) is 4.42. The van der Waals surface area contributed by atoms with Gasteiger partial charge in [0.15, 0.2) is 0 Å². The van der Waals surface area contributed by atoms with Crippen LogP contribution < -0.4 is 5.73 Å². The van der Waals surface area contributed by atoms with E-state index in [1.54, 1.807) is 0 Å². The highest BCUT2D eigenvalue weighted by Gasteiger charge is 2.39. The average molecular weight is 248 g/mol. The quantitative estimate of drug-likeness (QED) is 0.883. The van der Waals surface area contributed by atoms with Gasteiger partial charge in [0.2, 0.25) is 0 Å². The van der Waals surface area contributed by atoms with E-state index in [0.29, 0.717) is 18.1 Å². The fraction of sp³-hybridized carbons (Fsp3) is 0.786. The molecule has 0 spiro atoms. The van der Waals surface area contributed by atoms with Gasteiger partial charge in [0, 0.05) is 37.4 Å². The molecule has 4 heteroatoms. The van der Waals surface area contributed by atoms with E-state index in [-0.39, 0.29) is 0 Å². The molecule has 2 fully saturated rings. The Balaban J connectivity index is 1.71. The van der Waals surface area contributed by atoms with Gasteiger partial charge in [-0.2, -0.15) is 5.10 Å². The Morgan fingerprint density at radius 1 is 1.33 bits per heavy atom. The predicted molar refractivity (Wildman–Crippen MR) is 72.1 cm³/mol. The van der Waals surface area contributed by atoms with Crippen molar-refractivity contribution in [2.24, 2.45) is 5.73 Å². The van der Waals surface area contributed by atoms with Crippen LogP contribution in [0.2, 0.25) is 0 Å². The molecule has 18 heavy (non-hydrogen) atoms. The summed E-state index contributed by atoms with van der Waals surface area (Å²) in [5.41, 5.74) is 7.49. The van der Waals surface area contributed by atoms with Crippen LogP contribution in [0.5, 0.6) is 0 Å². The fourth-order valence-electron chi connectivity index (χ4n) is 3.67. The Morgan fingerprint density at radius 3 is 2.72 bits per heavy atom. The number of nitrogens with zero attached hydrogens (tertiary/aromatic N) is 3. The molecule has 1 aromatic rings. The van der Waals surface area contributed by atoms with Crippen molar-refractivity contribution in [3.8, 4) is 0 Å². The van der Waals surface area contributed by atoms with Crippen molar-refractivity contribution >= 4 is 0 Å². The van der Waals surface area contributed by atoms with Crippen LogP contribution in [-0.4, -0.2) is 32.8 Å². The first-order chi connectivity index (χ1) is 8.78. The van der Waals surface area contributed by atoms with Gasteiger partial charge in [0.1, 0.15) is 0 Å². The van der Waals surface area contributed by atoms with Crippen LogP contribution in [0.25, 0.3) is 0 Å². The van der Waals surface area contributed by atoms with E-state index in [2.05, 4.69) is 27.7 Å². The van der Waals surface area contributed by atoms with E-state index >= 15 is 0 Å². The molecule has 3 rings (SSSR count). The Hall–Kier alpha value is -0.870. The largest absolute Gasteiger partial charge is 0.328 e. The Bertz CT molecular complexity index is 386. The molecule has 3 heterocycles. The van der Waals surface area contributed by atoms with Crippen molar-refractivity contribution in [2.75, 3.05) is 0 Å². The number of aryl methyl sites for hydroxylation is 1. The number of hydrogen-bond donors (Lipinski definition) is 1. The molecule has 0 saturated carbocycles. The molecule has 2 atom stereocenters. The van der Waals surface area contributed by atoms with Gasteiger partial charge >= 0.3 is 0 Å². The molecule has 2 bridgehead atoms. The first-order valence-electron chi connectivity index (χ1n) is 7.30. The van der Waals surface area contributed by atoms with Crippen LogP contribution in [-0.2, 0) is 13.1 Å². The lowest BCUT2D eigenvalue weighted by Crippen LogP contribution is -2.47. The Kier molecular flexibility index (Phi) is 3.39. The van der Waals surface area contributed by atoms with E-state index in [1.165, 1.54) is 31.4 Å². The fourth-order valence-corrected chi connectivity index (χ4v) is 3.67. The van der Waals surface area contributed by atoms with E-state index < -0.39 is 0 Å². The highest BCUT2D eigenvalue weighted by atomic mass is 15.3. The summed E-state index contributed by atoms with van der Waals surface area (Å²) in [7, 11) is 0. The molecular weight excluding hydrogens is 224 g/mol. The third-order valence-corrected chi connectivity index (χ3v) is 4.51. The predicted octanol–water partition coefficient (Wildman–Crippen LogP) is 1.75. The lowest BCUT2D eigenvalue weighted by atomic mass is 9.98. The zero-order chi connectivity index (χ0) is 12.5. The third kappa shape index (κ3) is 2.19. The summed E-state index contributed by atoms with van der Waals surface area (Å²) in [6, 6.07) is 4.02. The van der Waals surface area contributed by atoms with Gasteiger partial charge in [-0.05, 0) is 38.2 Å². The lowest BCUT2D eigenvalue weighted by molar-refractivity contribution is 0.116. The number of nitrogens with two attached hydrogens (primary N) is 1. The van der Waals surface area contributed by atoms with Crippen molar-refractivity contribution in [1.29, 1.82) is 0 Å². The van der Waals surface area contributed by atoms with E-state index in [9.17, 15) is 0 Å². The number of hydrogen-bond acceptors (Lipinski definition) is 3. The molecule has 0 aromatic carbocycles. The van der Waals surface area contributed by atoms with Crippen LogP contribution in [0.1, 0.15) is 44.7 Å². The Morgan fingerprint density at radius 2 is 2.06 bits per heavy atom. The number of piperidine rings is 1. The van der Waals surface area contributed by atoms with E-state index in [0.717, 1.165) is 19.5 Å². The van der Waals surface area contributed by atoms with Crippen molar-refractivity contribution < 1.29 is 0 Å². The molecule has 4 nitrogen and oxygen atoms in total. The molecule has 0 radical (unpaired) electrons. The van der Waals surface area contributed by atoms with Crippen LogP contribution in [0.4, 0.5) is 0 Å². The highest BCUT2D eigenvalue weighted by Crippen LogP contribution is 2.36.